The average molecular weight is 373 g/mol. The molecule has 0 amide bonds. The van der Waals surface area contributed by atoms with Crippen molar-refractivity contribution in [3.05, 3.63) is 64.7 Å². The van der Waals surface area contributed by atoms with Crippen LogP contribution in [0.3, 0.4) is 0 Å². The molecule has 1 aliphatic heterocycles. The molecule has 1 atom stereocenters. The van der Waals surface area contributed by atoms with Crippen LogP contribution in [0.15, 0.2) is 47.4 Å². The Balaban J connectivity index is 2.07. The second kappa shape index (κ2) is 6.76. The second-order valence-corrected chi connectivity index (χ2v) is 7.70. The fraction of sp³-hybridized carbons (Fsp3) is 0.250. The minimum absolute atomic E-state index is 0.133. The molecule has 0 aromatic heterocycles. The monoisotopic (exact) mass is 372 g/mol. The molecule has 0 radical (unpaired) electrons. The first kappa shape index (κ1) is 17.3. The van der Waals surface area contributed by atoms with Gasteiger partial charge in [0.25, 0.3) is 0 Å². The molecule has 0 aliphatic carbocycles. The molecule has 8 heteroatoms. The van der Waals surface area contributed by atoms with Crippen LogP contribution in [0.25, 0.3) is 0 Å². The van der Waals surface area contributed by atoms with Gasteiger partial charge >= 0.3 is 0 Å². The van der Waals surface area contributed by atoms with Gasteiger partial charge in [-0.2, -0.15) is 4.31 Å². The Hall–Kier alpha value is -1.54. The van der Waals surface area contributed by atoms with E-state index in [4.69, 9.17) is 11.6 Å². The maximum Gasteiger partial charge on any atom is 0.246 e. The second-order valence-electron chi connectivity index (χ2n) is 5.43. The van der Waals surface area contributed by atoms with E-state index in [9.17, 15) is 17.2 Å². The van der Waals surface area contributed by atoms with Crippen LogP contribution < -0.4 is 5.32 Å². The van der Waals surface area contributed by atoms with Gasteiger partial charge in [-0.05, 0) is 29.8 Å². The smallest absolute Gasteiger partial charge is 0.246 e. The normalized spacial score (nSPS) is 19.4. The molecule has 128 valence electrons. The molecule has 1 unspecified atom stereocenters. The van der Waals surface area contributed by atoms with Crippen molar-refractivity contribution in [2.24, 2.45) is 0 Å². The molecule has 2 aromatic carbocycles. The number of piperazine rings is 1. The van der Waals surface area contributed by atoms with Crippen molar-refractivity contribution in [1.82, 2.24) is 9.62 Å². The highest BCUT2D eigenvalue weighted by Gasteiger charge is 2.36. The topological polar surface area (TPSA) is 49.4 Å². The van der Waals surface area contributed by atoms with E-state index in [0.29, 0.717) is 29.7 Å². The summed E-state index contributed by atoms with van der Waals surface area (Å²) in [5.41, 5.74) is 0.617. The highest BCUT2D eigenvalue weighted by Crippen LogP contribution is 2.33. The van der Waals surface area contributed by atoms with Gasteiger partial charge in [-0.3, -0.25) is 0 Å². The lowest BCUT2D eigenvalue weighted by Crippen LogP contribution is -2.48. The summed E-state index contributed by atoms with van der Waals surface area (Å²) in [6, 6.07) is 8.70. The SMILES string of the molecule is O=S(=O)(c1cc(F)ccc1F)N1CCNCC1c1ccccc1Cl. The molecule has 0 bridgehead atoms. The van der Waals surface area contributed by atoms with Gasteiger partial charge in [-0.25, -0.2) is 17.2 Å². The summed E-state index contributed by atoms with van der Waals surface area (Å²) >= 11 is 6.19. The first-order valence-corrected chi connectivity index (χ1v) is 9.15. The molecule has 1 aliphatic rings. The number of sulfonamides is 1. The molecule has 2 aromatic rings. The van der Waals surface area contributed by atoms with Gasteiger partial charge in [-0.15, -0.1) is 0 Å². The Morgan fingerprint density at radius 3 is 2.67 bits per heavy atom. The van der Waals surface area contributed by atoms with E-state index in [2.05, 4.69) is 5.32 Å². The lowest BCUT2D eigenvalue weighted by Gasteiger charge is -2.35. The molecular formula is C16H15ClF2N2O2S. The van der Waals surface area contributed by atoms with Crippen LogP contribution in [0.4, 0.5) is 8.78 Å². The third-order valence-corrected chi connectivity index (χ3v) is 6.21. The molecular weight excluding hydrogens is 358 g/mol. The average Bonchev–Trinajstić information content (AvgIpc) is 2.57. The maximum atomic E-state index is 14.0. The number of hydrogen-bond donors (Lipinski definition) is 1. The minimum Gasteiger partial charge on any atom is -0.313 e. The summed E-state index contributed by atoms with van der Waals surface area (Å²) < 4.78 is 54.4. The van der Waals surface area contributed by atoms with E-state index in [-0.39, 0.29) is 6.54 Å². The zero-order valence-electron chi connectivity index (χ0n) is 12.5. The van der Waals surface area contributed by atoms with E-state index in [0.717, 1.165) is 12.1 Å². The Morgan fingerprint density at radius 1 is 1.17 bits per heavy atom. The van der Waals surface area contributed by atoms with E-state index < -0.39 is 32.6 Å². The molecule has 1 saturated heterocycles. The number of benzene rings is 2. The van der Waals surface area contributed by atoms with Gasteiger partial charge in [0.15, 0.2) is 0 Å². The molecule has 4 nitrogen and oxygen atoms in total. The molecule has 0 saturated carbocycles. The molecule has 1 heterocycles. The third kappa shape index (κ3) is 3.17. The standard InChI is InChI=1S/C16H15ClF2N2O2S/c17-13-4-2-1-3-12(13)15-10-20-7-8-21(15)24(22,23)16-9-11(18)5-6-14(16)19/h1-6,9,15,20H,7-8,10H2. The van der Waals surface area contributed by atoms with Gasteiger partial charge < -0.3 is 5.32 Å². The number of halogens is 3. The first-order valence-electron chi connectivity index (χ1n) is 7.33. The van der Waals surface area contributed by atoms with Gasteiger partial charge in [0, 0.05) is 24.7 Å². The van der Waals surface area contributed by atoms with Crippen LogP contribution in [-0.4, -0.2) is 32.4 Å². The number of nitrogens with zero attached hydrogens (tertiary/aromatic N) is 1. The summed E-state index contributed by atoms with van der Waals surface area (Å²) in [6.07, 6.45) is 0. The van der Waals surface area contributed by atoms with Gasteiger partial charge in [0.1, 0.15) is 16.5 Å². The summed E-state index contributed by atoms with van der Waals surface area (Å²) in [6.45, 7) is 0.880. The number of rotatable bonds is 3. The van der Waals surface area contributed by atoms with Gasteiger partial charge in [0.05, 0.1) is 6.04 Å². The van der Waals surface area contributed by atoms with Crippen LogP contribution >= 0.6 is 11.6 Å². The first-order chi connectivity index (χ1) is 11.4. The zero-order valence-corrected chi connectivity index (χ0v) is 14.1. The van der Waals surface area contributed by atoms with Crippen molar-refractivity contribution in [3.8, 4) is 0 Å². The summed E-state index contributed by atoms with van der Waals surface area (Å²) in [5, 5.41) is 3.53. The summed E-state index contributed by atoms with van der Waals surface area (Å²) in [7, 11) is -4.21. The van der Waals surface area contributed by atoms with Crippen molar-refractivity contribution >= 4 is 21.6 Å². The minimum atomic E-state index is -4.21. The summed E-state index contributed by atoms with van der Waals surface area (Å²) in [5.74, 6) is -1.78. The van der Waals surface area contributed by atoms with Crippen molar-refractivity contribution in [2.45, 2.75) is 10.9 Å². The largest absolute Gasteiger partial charge is 0.313 e. The lowest BCUT2D eigenvalue weighted by atomic mass is 10.1. The highest BCUT2D eigenvalue weighted by molar-refractivity contribution is 7.89. The highest BCUT2D eigenvalue weighted by atomic mass is 35.5. The third-order valence-electron chi connectivity index (χ3n) is 3.94. The van der Waals surface area contributed by atoms with E-state index in [1.54, 1.807) is 24.3 Å². The molecule has 24 heavy (non-hydrogen) atoms. The van der Waals surface area contributed by atoms with E-state index >= 15 is 0 Å². The Kier molecular flexibility index (Phi) is 4.87. The zero-order chi connectivity index (χ0) is 17.3. The number of hydrogen-bond acceptors (Lipinski definition) is 3. The predicted octanol–water partition coefficient (Wildman–Crippen LogP) is 2.95. The van der Waals surface area contributed by atoms with Crippen molar-refractivity contribution in [1.29, 1.82) is 0 Å². The Bertz CT molecular complexity index is 861. The van der Waals surface area contributed by atoms with Crippen LogP contribution in [0.1, 0.15) is 11.6 Å². The fourth-order valence-electron chi connectivity index (χ4n) is 2.79. The molecule has 0 spiro atoms. The molecule has 1 fully saturated rings. The van der Waals surface area contributed by atoms with Crippen molar-refractivity contribution < 1.29 is 17.2 Å². The Labute approximate surface area is 144 Å². The molecule has 3 rings (SSSR count). The van der Waals surface area contributed by atoms with Crippen molar-refractivity contribution in [2.75, 3.05) is 19.6 Å². The van der Waals surface area contributed by atoms with E-state index in [1.807, 2.05) is 0 Å². The van der Waals surface area contributed by atoms with Gasteiger partial charge in [0.2, 0.25) is 10.0 Å². The van der Waals surface area contributed by atoms with Crippen LogP contribution in [0.5, 0.6) is 0 Å². The van der Waals surface area contributed by atoms with E-state index in [1.165, 1.54) is 4.31 Å². The number of nitrogens with one attached hydrogen (secondary N) is 1. The maximum absolute atomic E-state index is 14.0. The predicted molar refractivity (Wildman–Crippen MR) is 87.3 cm³/mol. The lowest BCUT2D eigenvalue weighted by molar-refractivity contribution is 0.270. The quantitative estimate of drug-likeness (QED) is 0.901. The van der Waals surface area contributed by atoms with Crippen LogP contribution in [-0.2, 0) is 10.0 Å². The summed E-state index contributed by atoms with van der Waals surface area (Å²) in [4.78, 5) is -0.665. The fourth-order valence-corrected chi connectivity index (χ4v) is 4.73. The van der Waals surface area contributed by atoms with Crippen molar-refractivity contribution in [3.63, 3.8) is 0 Å². The van der Waals surface area contributed by atoms with Crippen LogP contribution in [0.2, 0.25) is 5.02 Å². The molecule has 1 N–H and O–H groups in total. The van der Waals surface area contributed by atoms with Gasteiger partial charge in [-0.1, -0.05) is 29.8 Å². The van der Waals surface area contributed by atoms with Crippen LogP contribution in [0, 0.1) is 11.6 Å². The Morgan fingerprint density at radius 2 is 1.92 bits per heavy atom.